The van der Waals surface area contributed by atoms with E-state index in [0.29, 0.717) is 11.4 Å². The molecule has 1 fully saturated rings. The standard InChI is InChI=1S/C18H30N4O2S.HI/c1-15-13-16(7-8-17(15)25(3,23)24)14-21-18(19-2)20-9-12-22-10-5-4-6-11-22;/h7-8,13H,4-6,9-12,14H2,1-3H3,(H2,19,20,21);1H. The molecule has 2 rings (SSSR count). The summed E-state index contributed by atoms with van der Waals surface area (Å²) in [7, 11) is -1.41. The van der Waals surface area contributed by atoms with Gasteiger partial charge in [-0.25, -0.2) is 8.42 Å². The van der Waals surface area contributed by atoms with Crippen molar-refractivity contribution < 1.29 is 8.42 Å². The Bertz CT molecular complexity index is 701. The highest BCUT2D eigenvalue weighted by atomic mass is 127. The number of guanidine groups is 1. The van der Waals surface area contributed by atoms with E-state index in [1.54, 1.807) is 13.1 Å². The van der Waals surface area contributed by atoms with Gasteiger partial charge in [0.05, 0.1) is 4.90 Å². The highest BCUT2D eigenvalue weighted by molar-refractivity contribution is 14.0. The fourth-order valence-electron chi connectivity index (χ4n) is 3.16. The number of hydrogen-bond donors (Lipinski definition) is 2. The molecule has 2 N–H and O–H groups in total. The third kappa shape index (κ3) is 7.40. The quantitative estimate of drug-likeness (QED) is 0.360. The number of aliphatic imine (C=N–C) groups is 1. The van der Waals surface area contributed by atoms with Crippen LogP contribution in [0, 0.1) is 6.92 Å². The number of piperidine rings is 1. The molecule has 6 nitrogen and oxygen atoms in total. The van der Waals surface area contributed by atoms with E-state index in [1.807, 2.05) is 19.1 Å². The fourth-order valence-corrected chi connectivity index (χ4v) is 4.12. The lowest BCUT2D eigenvalue weighted by molar-refractivity contribution is 0.232. The lowest BCUT2D eigenvalue weighted by Gasteiger charge is -2.26. The summed E-state index contributed by atoms with van der Waals surface area (Å²) in [4.78, 5) is 7.12. The Morgan fingerprint density at radius 2 is 1.88 bits per heavy atom. The van der Waals surface area contributed by atoms with Crippen molar-refractivity contribution in [1.29, 1.82) is 0 Å². The Morgan fingerprint density at radius 1 is 1.19 bits per heavy atom. The molecule has 26 heavy (non-hydrogen) atoms. The lowest BCUT2D eigenvalue weighted by atomic mass is 10.1. The number of aryl methyl sites for hydroxylation is 1. The molecule has 148 valence electrons. The monoisotopic (exact) mass is 494 g/mol. The molecule has 0 unspecified atom stereocenters. The molecule has 0 amide bonds. The van der Waals surface area contributed by atoms with Crippen LogP contribution in [0.1, 0.15) is 30.4 Å². The summed E-state index contributed by atoms with van der Waals surface area (Å²) in [6, 6.07) is 5.43. The van der Waals surface area contributed by atoms with E-state index in [4.69, 9.17) is 0 Å². The average Bonchev–Trinajstić information content (AvgIpc) is 2.57. The van der Waals surface area contributed by atoms with Crippen molar-refractivity contribution in [3.8, 4) is 0 Å². The van der Waals surface area contributed by atoms with Crippen LogP contribution in [-0.2, 0) is 16.4 Å². The zero-order valence-electron chi connectivity index (χ0n) is 15.9. The van der Waals surface area contributed by atoms with Crippen LogP contribution in [0.2, 0.25) is 0 Å². The van der Waals surface area contributed by atoms with Crippen molar-refractivity contribution in [3.63, 3.8) is 0 Å². The van der Waals surface area contributed by atoms with Crippen LogP contribution in [0.5, 0.6) is 0 Å². The molecule has 1 aromatic carbocycles. The van der Waals surface area contributed by atoms with Crippen molar-refractivity contribution >= 4 is 39.8 Å². The Hall–Kier alpha value is -0.870. The molecular formula is C18H31IN4O2S. The molecule has 0 bridgehead atoms. The summed E-state index contributed by atoms with van der Waals surface area (Å²) in [5.74, 6) is 0.766. The zero-order valence-corrected chi connectivity index (χ0v) is 19.1. The minimum atomic E-state index is -3.17. The Kier molecular flexibility index (Phi) is 9.88. The number of halogens is 1. The number of likely N-dealkylation sites (tertiary alicyclic amines) is 1. The number of nitrogens with one attached hydrogen (secondary N) is 2. The molecule has 0 atom stereocenters. The van der Waals surface area contributed by atoms with Gasteiger partial charge in [-0.05, 0) is 50.0 Å². The van der Waals surface area contributed by atoms with Crippen LogP contribution in [0.15, 0.2) is 28.1 Å². The minimum Gasteiger partial charge on any atom is -0.355 e. The van der Waals surface area contributed by atoms with E-state index < -0.39 is 9.84 Å². The van der Waals surface area contributed by atoms with Gasteiger partial charge in [0.15, 0.2) is 15.8 Å². The molecule has 0 saturated carbocycles. The second kappa shape index (κ2) is 11.1. The first-order valence-electron chi connectivity index (χ1n) is 8.86. The number of hydrogen-bond acceptors (Lipinski definition) is 4. The van der Waals surface area contributed by atoms with Crippen molar-refractivity contribution in [2.24, 2.45) is 4.99 Å². The summed E-state index contributed by atoms with van der Waals surface area (Å²) in [6.45, 7) is 6.72. The molecule has 8 heteroatoms. The van der Waals surface area contributed by atoms with Gasteiger partial charge in [-0.3, -0.25) is 4.99 Å². The highest BCUT2D eigenvalue weighted by Gasteiger charge is 2.11. The van der Waals surface area contributed by atoms with Gasteiger partial charge in [0.25, 0.3) is 0 Å². The molecule has 1 aliphatic rings. The normalized spacial score (nSPS) is 16.0. The molecule has 0 aromatic heterocycles. The number of nitrogens with zero attached hydrogens (tertiary/aromatic N) is 2. The number of sulfone groups is 1. The van der Waals surface area contributed by atoms with E-state index in [2.05, 4.69) is 20.5 Å². The summed E-state index contributed by atoms with van der Waals surface area (Å²) >= 11 is 0. The van der Waals surface area contributed by atoms with Crippen molar-refractivity contribution in [2.45, 2.75) is 37.6 Å². The van der Waals surface area contributed by atoms with Gasteiger partial charge in [0.1, 0.15) is 0 Å². The molecule has 1 saturated heterocycles. The molecule has 0 aliphatic carbocycles. The topological polar surface area (TPSA) is 73.8 Å². The van der Waals surface area contributed by atoms with Gasteiger partial charge in [0, 0.05) is 32.9 Å². The van der Waals surface area contributed by atoms with Gasteiger partial charge in [-0.2, -0.15) is 0 Å². The van der Waals surface area contributed by atoms with Crippen molar-refractivity contribution in [3.05, 3.63) is 29.3 Å². The first-order valence-corrected chi connectivity index (χ1v) is 10.8. The third-order valence-electron chi connectivity index (χ3n) is 4.49. The maximum atomic E-state index is 11.7. The largest absolute Gasteiger partial charge is 0.355 e. The molecule has 0 spiro atoms. The maximum absolute atomic E-state index is 11.7. The van der Waals surface area contributed by atoms with Crippen LogP contribution in [0.3, 0.4) is 0 Å². The fraction of sp³-hybridized carbons (Fsp3) is 0.611. The van der Waals surface area contributed by atoms with Crippen LogP contribution in [0.4, 0.5) is 0 Å². The molecule has 1 aromatic rings. The summed E-state index contributed by atoms with van der Waals surface area (Å²) in [5.41, 5.74) is 1.80. The van der Waals surface area contributed by atoms with Crippen LogP contribution in [0.25, 0.3) is 0 Å². The van der Waals surface area contributed by atoms with Gasteiger partial charge >= 0.3 is 0 Å². The second-order valence-corrected chi connectivity index (χ2v) is 8.61. The first-order chi connectivity index (χ1) is 11.9. The Labute approximate surface area is 174 Å². The average molecular weight is 494 g/mol. The Balaban J connectivity index is 0.00000338. The molecule has 0 radical (unpaired) electrons. The van der Waals surface area contributed by atoms with E-state index in [9.17, 15) is 8.42 Å². The van der Waals surface area contributed by atoms with Gasteiger partial charge in [-0.15, -0.1) is 24.0 Å². The van der Waals surface area contributed by atoms with Gasteiger partial charge < -0.3 is 15.5 Å². The molecule has 1 heterocycles. The summed E-state index contributed by atoms with van der Waals surface area (Å²) in [6.07, 6.45) is 5.19. The zero-order chi connectivity index (χ0) is 18.3. The van der Waals surface area contributed by atoms with Crippen LogP contribution >= 0.6 is 24.0 Å². The van der Waals surface area contributed by atoms with Gasteiger partial charge in [-0.1, -0.05) is 18.6 Å². The lowest BCUT2D eigenvalue weighted by Crippen LogP contribution is -2.42. The van der Waals surface area contributed by atoms with Gasteiger partial charge in [0.2, 0.25) is 0 Å². The Morgan fingerprint density at radius 3 is 2.46 bits per heavy atom. The van der Waals surface area contributed by atoms with Crippen molar-refractivity contribution in [2.75, 3.05) is 39.5 Å². The minimum absolute atomic E-state index is 0. The SMILES string of the molecule is CN=C(NCCN1CCCCC1)NCc1ccc(S(C)(=O)=O)c(C)c1.I. The second-order valence-electron chi connectivity index (χ2n) is 6.63. The molecular weight excluding hydrogens is 463 g/mol. The number of benzene rings is 1. The molecule has 1 aliphatic heterocycles. The maximum Gasteiger partial charge on any atom is 0.191 e. The first kappa shape index (κ1) is 23.2. The number of rotatable bonds is 6. The van der Waals surface area contributed by atoms with Crippen LogP contribution < -0.4 is 10.6 Å². The van der Waals surface area contributed by atoms with E-state index in [-0.39, 0.29) is 24.0 Å². The van der Waals surface area contributed by atoms with E-state index in [0.717, 1.165) is 30.2 Å². The van der Waals surface area contributed by atoms with Crippen LogP contribution in [-0.4, -0.2) is 58.8 Å². The highest BCUT2D eigenvalue weighted by Crippen LogP contribution is 2.16. The predicted octanol–water partition coefficient (Wildman–Crippen LogP) is 2.17. The summed E-state index contributed by atoms with van der Waals surface area (Å²) in [5, 5.41) is 6.62. The van der Waals surface area contributed by atoms with Crippen molar-refractivity contribution in [1.82, 2.24) is 15.5 Å². The third-order valence-corrected chi connectivity index (χ3v) is 5.75. The predicted molar refractivity (Wildman–Crippen MR) is 118 cm³/mol. The smallest absolute Gasteiger partial charge is 0.191 e. The summed E-state index contributed by atoms with van der Waals surface area (Å²) < 4.78 is 23.4. The van der Waals surface area contributed by atoms with E-state index in [1.165, 1.54) is 38.6 Å². The van der Waals surface area contributed by atoms with E-state index >= 15 is 0 Å².